The molecule has 4 N–H and O–H groups in total. The Morgan fingerprint density at radius 1 is 1.40 bits per heavy atom. The van der Waals surface area contributed by atoms with E-state index in [0.717, 1.165) is 6.29 Å². The third-order valence-electron chi connectivity index (χ3n) is 2.02. The third kappa shape index (κ3) is 6.16. The molecule has 15 heavy (non-hydrogen) atoms. The summed E-state index contributed by atoms with van der Waals surface area (Å²) in [4.78, 5) is 21.6. The SMILES string of the molecule is CNC(C=O)CCC(=O)NC(CO)CO. The molecule has 0 aliphatic rings. The van der Waals surface area contributed by atoms with Crippen LogP contribution >= 0.6 is 0 Å². The van der Waals surface area contributed by atoms with Gasteiger partial charge in [0.15, 0.2) is 0 Å². The van der Waals surface area contributed by atoms with Crippen LogP contribution in [0.1, 0.15) is 12.8 Å². The standard InChI is InChI=1S/C9H18N2O4/c1-10-7(4-12)2-3-9(15)11-8(5-13)6-14/h4,7-8,10,13-14H,2-3,5-6H2,1H3,(H,11,15). The van der Waals surface area contributed by atoms with Crippen molar-refractivity contribution in [2.45, 2.75) is 24.9 Å². The molecular weight excluding hydrogens is 200 g/mol. The summed E-state index contributed by atoms with van der Waals surface area (Å²) in [6, 6.07) is -0.959. The van der Waals surface area contributed by atoms with Crippen LogP contribution in [-0.4, -0.2) is 54.8 Å². The average molecular weight is 218 g/mol. The van der Waals surface area contributed by atoms with E-state index in [1.165, 1.54) is 0 Å². The van der Waals surface area contributed by atoms with Crippen molar-refractivity contribution in [3.05, 3.63) is 0 Å². The Hall–Kier alpha value is -0.980. The Bertz CT molecular complexity index is 195. The van der Waals surface area contributed by atoms with E-state index in [4.69, 9.17) is 10.2 Å². The first-order valence-corrected chi connectivity index (χ1v) is 4.81. The topological polar surface area (TPSA) is 98.7 Å². The molecule has 0 aromatic rings. The highest BCUT2D eigenvalue weighted by Gasteiger charge is 2.12. The molecule has 0 rings (SSSR count). The first-order valence-electron chi connectivity index (χ1n) is 4.81. The zero-order valence-electron chi connectivity index (χ0n) is 8.77. The van der Waals surface area contributed by atoms with Crippen molar-refractivity contribution in [2.24, 2.45) is 0 Å². The Morgan fingerprint density at radius 3 is 2.40 bits per heavy atom. The summed E-state index contributed by atoms with van der Waals surface area (Å²) in [5.41, 5.74) is 0. The van der Waals surface area contributed by atoms with Gasteiger partial charge in [-0.15, -0.1) is 0 Å². The van der Waals surface area contributed by atoms with Crippen molar-refractivity contribution in [1.29, 1.82) is 0 Å². The smallest absolute Gasteiger partial charge is 0.220 e. The van der Waals surface area contributed by atoms with Crippen LogP contribution in [0.2, 0.25) is 0 Å². The fourth-order valence-electron chi connectivity index (χ4n) is 1.02. The van der Waals surface area contributed by atoms with Gasteiger partial charge in [0.25, 0.3) is 0 Å². The number of nitrogens with one attached hydrogen (secondary N) is 2. The number of carbonyl (C=O) groups excluding carboxylic acids is 2. The maximum atomic E-state index is 11.2. The lowest BCUT2D eigenvalue weighted by atomic mass is 10.1. The minimum Gasteiger partial charge on any atom is -0.394 e. The number of carbonyl (C=O) groups is 2. The van der Waals surface area contributed by atoms with Crippen molar-refractivity contribution in [3.8, 4) is 0 Å². The highest BCUT2D eigenvalue weighted by Crippen LogP contribution is 1.95. The van der Waals surface area contributed by atoms with Gasteiger partial charge in [-0.05, 0) is 13.5 Å². The molecule has 0 aliphatic heterocycles. The summed E-state index contributed by atoms with van der Waals surface area (Å²) in [5.74, 6) is -0.287. The molecule has 88 valence electrons. The Balaban J connectivity index is 3.78. The Kier molecular flexibility index (Phi) is 7.79. The van der Waals surface area contributed by atoms with Crippen LogP contribution in [-0.2, 0) is 9.59 Å². The molecule has 0 spiro atoms. The van der Waals surface area contributed by atoms with Crippen LogP contribution in [0, 0.1) is 0 Å². The number of hydrogen-bond donors (Lipinski definition) is 4. The molecule has 0 heterocycles. The molecule has 1 atom stereocenters. The molecule has 0 saturated heterocycles. The molecule has 0 bridgehead atoms. The fourth-order valence-corrected chi connectivity index (χ4v) is 1.02. The van der Waals surface area contributed by atoms with Gasteiger partial charge in [-0.2, -0.15) is 0 Å². The number of aliphatic hydroxyl groups excluding tert-OH is 2. The second-order valence-corrected chi connectivity index (χ2v) is 3.20. The van der Waals surface area contributed by atoms with Gasteiger partial charge in [0.05, 0.1) is 25.3 Å². The summed E-state index contributed by atoms with van der Waals surface area (Å²) >= 11 is 0. The molecule has 0 radical (unpaired) electrons. The monoisotopic (exact) mass is 218 g/mol. The van der Waals surface area contributed by atoms with Gasteiger partial charge < -0.3 is 25.6 Å². The van der Waals surface area contributed by atoms with Crippen molar-refractivity contribution in [2.75, 3.05) is 20.3 Å². The van der Waals surface area contributed by atoms with Crippen LogP contribution in [0.25, 0.3) is 0 Å². The molecule has 6 nitrogen and oxygen atoms in total. The molecule has 0 aromatic heterocycles. The van der Waals surface area contributed by atoms with Crippen LogP contribution < -0.4 is 10.6 Å². The normalized spacial score (nSPS) is 12.5. The predicted molar refractivity (Wildman–Crippen MR) is 54.2 cm³/mol. The lowest BCUT2D eigenvalue weighted by Crippen LogP contribution is -2.40. The molecule has 0 aromatic carbocycles. The number of amides is 1. The van der Waals surface area contributed by atoms with Gasteiger partial charge in [0.1, 0.15) is 6.29 Å². The summed E-state index contributed by atoms with van der Waals surface area (Å²) in [6.45, 7) is -0.600. The summed E-state index contributed by atoms with van der Waals surface area (Å²) < 4.78 is 0. The predicted octanol–water partition coefficient (Wildman–Crippen LogP) is -1.98. The zero-order chi connectivity index (χ0) is 11.7. The van der Waals surface area contributed by atoms with E-state index >= 15 is 0 Å². The van der Waals surface area contributed by atoms with E-state index in [-0.39, 0.29) is 31.6 Å². The molecule has 0 fully saturated rings. The first-order chi connectivity index (χ1) is 7.17. The Morgan fingerprint density at radius 2 is 2.00 bits per heavy atom. The van der Waals surface area contributed by atoms with E-state index in [2.05, 4.69) is 10.6 Å². The van der Waals surface area contributed by atoms with Gasteiger partial charge in [0, 0.05) is 6.42 Å². The second kappa shape index (κ2) is 8.34. The summed E-state index contributed by atoms with van der Waals surface area (Å²) in [5, 5.41) is 22.6. The van der Waals surface area contributed by atoms with Gasteiger partial charge in [-0.3, -0.25) is 4.79 Å². The largest absolute Gasteiger partial charge is 0.394 e. The summed E-state index contributed by atoms with van der Waals surface area (Å²) in [6.07, 6.45) is 1.32. The van der Waals surface area contributed by atoms with Crippen LogP contribution in [0.5, 0.6) is 0 Å². The van der Waals surface area contributed by atoms with Crippen molar-refractivity contribution < 1.29 is 19.8 Å². The second-order valence-electron chi connectivity index (χ2n) is 3.20. The molecule has 6 heteroatoms. The molecule has 1 amide bonds. The van der Waals surface area contributed by atoms with E-state index in [9.17, 15) is 9.59 Å². The van der Waals surface area contributed by atoms with Gasteiger partial charge in [0.2, 0.25) is 5.91 Å². The van der Waals surface area contributed by atoms with Gasteiger partial charge in [-0.1, -0.05) is 0 Å². The van der Waals surface area contributed by atoms with Crippen LogP contribution in [0.15, 0.2) is 0 Å². The minimum atomic E-state index is -0.623. The average Bonchev–Trinajstić information content (AvgIpc) is 2.27. The van der Waals surface area contributed by atoms with Crippen molar-refractivity contribution in [1.82, 2.24) is 10.6 Å². The van der Waals surface area contributed by atoms with E-state index in [1.54, 1.807) is 7.05 Å². The maximum absolute atomic E-state index is 11.2. The lowest BCUT2D eigenvalue weighted by molar-refractivity contribution is -0.122. The lowest BCUT2D eigenvalue weighted by Gasteiger charge is -2.14. The van der Waals surface area contributed by atoms with Crippen LogP contribution in [0.3, 0.4) is 0 Å². The van der Waals surface area contributed by atoms with Crippen molar-refractivity contribution in [3.63, 3.8) is 0 Å². The highest BCUT2D eigenvalue weighted by atomic mass is 16.3. The maximum Gasteiger partial charge on any atom is 0.220 e. The highest BCUT2D eigenvalue weighted by molar-refractivity contribution is 5.76. The zero-order valence-corrected chi connectivity index (χ0v) is 8.77. The van der Waals surface area contributed by atoms with Gasteiger partial charge >= 0.3 is 0 Å². The fraction of sp³-hybridized carbons (Fsp3) is 0.778. The number of aliphatic hydroxyl groups is 2. The quantitative estimate of drug-likeness (QED) is 0.354. The van der Waals surface area contributed by atoms with E-state index in [1.807, 2.05) is 0 Å². The summed E-state index contributed by atoms with van der Waals surface area (Å²) in [7, 11) is 1.64. The number of likely N-dealkylation sites (N-methyl/N-ethyl adjacent to an activating group) is 1. The minimum absolute atomic E-state index is 0.181. The van der Waals surface area contributed by atoms with E-state index in [0.29, 0.717) is 6.42 Å². The van der Waals surface area contributed by atoms with Gasteiger partial charge in [-0.25, -0.2) is 0 Å². The molecule has 0 saturated carbocycles. The number of rotatable bonds is 8. The first kappa shape index (κ1) is 14.0. The van der Waals surface area contributed by atoms with E-state index < -0.39 is 6.04 Å². The number of hydrogen-bond acceptors (Lipinski definition) is 5. The molecule has 0 aliphatic carbocycles. The molecule has 1 unspecified atom stereocenters. The van der Waals surface area contributed by atoms with Crippen LogP contribution in [0.4, 0.5) is 0 Å². The Labute approximate surface area is 88.7 Å². The number of aldehydes is 1. The third-order valence-corrected chi connectivity index (χ3v) is 2.02. The molecular formula is C9H18N2O4. The van der Waals surface area contributed by atoms with Crippen molar-refractivity contribution >= 4 is 12.2 Å².